The number of aromatic nitrogens is 1. The van der Waals surface area contributed by atoms with Crippen LogP contribution in [0.25, 0.3) is 6.08 Å². The second-order valence-electron chi connectivity index (χ2n) is 3.59. The predicted octanol–water partition coefficient (Wildman–Crippen LogP) is 2.47. The lowest BCUT2D eigenvalue weighted by Crippen LogP contribution is -1.97. The van der Waals surface area contributed by atoms with Crippen molar-refractivity contribution in [1.82, 2.24) is 4.98 Å². The van der Waals surface area contributed by atoms with Crippen LogP contribution in [0.1, 0.15) is 5.56 Å². The van der Waals surface area contributed by atoms with Crippen LogP contribution in [-0.2, 0) is 4.79 Å². The monoisotopic (exact) mass is 268 g/mol. The van der Waals surface area contributed by atoms with Gasteiger partial charge in [-0.05, 0) is 35.9 Å². The average molecular weight is 268 g/mol. The number of phenols is 1. The summed E-state index contributed by atoms with van der Waals surface area (Å²) in [6, 6.07) is 13.2. The summed E-state index contributed by atoms with van der Waals surface area (Å²) in [5.41, 5.74) is 0.220. The van der Waals surface area contributed by atoms with Crippen molar-refractivity contribution < 1.29 is 15.0 Å². The zero-order valence-corrected chi connectivity index (χ0v) is 10.5. The molecule has 0 saturated heterocycles. The molecule has 0 unspecified atom stereocenters. The van der Waals surface area contributed by atoms with E-state index < -0.39 is 5.97 Å². The summed E-state index contributed by atoms with van der Waals surface area (Å²) in [5.74, 6) is -1.17. The largest absolute Gasteiger partial charge is 0.508 e. The normalized spacial score (nSPS) is 9.85. The van der Waals surface area contributed by atoms with Crippen molar-refractivity contribution in [3.63, 3.8) is 0 Å². The number of aromatic hydroxyl groups is 1. The van der Waals surface area contributed by atoms with E-state index in [0.29, 0.717) is 5.56 Å². The van der Waals surface area contributed by atoms with Crippen LogP contribution in [0.2, 0.25) is 0 Å². The SMILES string of the molecule is N#C/C(=C\c1ccc(O)cc1)C(=O)O.c1ccncc1. The maximum atomic E-state index is 10.5. The summed E-state index contributed by atoms with van der Waals surface area (Å²) in [6.45, 7) is 0. The van der Waals surface area contributed by atoms with Gasteiger partial charge >= 0.3 is 5.97 Å². The molecule has 0 aliphatic rings. The molecule has 0 atom stereocenters. The van der Waals surface area contributed by atoms with Gasteiger partial charge in [-0.15, -0.1) is 0 Å². The molecule has 0 amide bonds. The van der Waals surface area contributed by atoms with Crippen LogP contribution in [0.15, 0.2) is 60.4 Å². The minimum absolute atomic E-state index is 0.0935. The fraction of sp³-hybridized carbons (Fsp3) is 0. The van der Waals surface area contributed by atoms with Crippen molar-refractivity contribution in [3.05, 3.63) is 66.0 Å². The van der Waals surface area contributed by atoms with Gasteiger partial charge in [-0.2, -0.15) is 5.26 Å². The molecule has 5 nitrogen and oxygen atoms in total. The summed E-state index contributed by atoms with van der Waals surface area (Å²) < 4.78 is 0. The van der Waals surface area contributed by atoms with Gasteiger partial charge in [0.05, 0.1) is 0 Å². The van der Waals surface area contributed by atoms with Crippen molar-refractivity contribution in [1.29, 1.82) is 5.26 Å². The smallest absolute Gasteiger partial charge is 0.346 e. The molecule has 0 saturated carbocycles. The van der Waals surface area contributed by atoms with E-state index in [4.69, 9.17) is 15.5 Å². The van der Waals surface area contributed by atoms with Gasteiger partial charge in [0, 0.05) is 12.4 Å². The second kappa shape index (κ2) is 8.06. The highest BCUT2D eigenvalue weighted by atomic mass is 16.4. The molecular weight excluding hydrogens is 256 g/mol. The van der Waals surface area contributed by atoms with E-state index in [-0.39, 0.29) is 11.3 Å². The first-order chi connectivity index (χ1) is 9.63. The molecular formula is C15H12N2O3. The van der Waals surface area contributed by atoms with Crippen LogP contribution >= 0.6 is 0 Å². The molecule has 2 N–H and O–H groups in total. The molecule has 0 aliphatic heterocycles. The molecule has 0 radical (unpaired) electrons. The number of hydrogen-bond acceptors (Lipinski definition) is 4. The summed E-state index contributed by atoms with van der Waals surface area (Å²) in [6.07, 6.45) is 4.74. The zero-order valence-electron chi connectivity index (χ0n) is 10.5. The number of hydrogen-bond donors (Lipinski definition) is 2. The Hall–Kier alpha value is -3.13. The molecule has 5 heteroatoms. The Labute approximate surface area is 116 Å². The average Bonchev–Trinajstić information content (AvgIpc) is 2.49. The minimum Gasteiger partial charge on any atom is -0.508 e. The third kappa shape index (κ3) is 5.47. The number of aliphatic carboxylic acids is 1. The number of phenolic OH excluding ortho intramolecular Hbond substituents is 1. The summed E-state index contributed by atoms with van der Waals surface area (Å²) >= 11 is 0. The molecule has 1 heterocycles. The van der Waals surface area contributed by atoms with Crippen LogP contribution in [0.3, 0.4) is 0 Å². The topological polar surface area (TPSA) is 94.2 Å². The molecule has 0 bridgehead atoms. The van der Waals surface area contributed by atoms with Gasteiger partial charge in [-0.3, -0.25) is 4.98 Å². The van der Waals surface area contributed by atoms with Gasteiger partial charge in [0.15, 0.2) is 0 Å². The van der Waals surface area contributed by atoms with E-state index in [0.717, 1.165) is 0 Å². The minimum atomic E-state index is -1.26. The number of carboxylic acid groups (broad SMARTS) is 1. The number of carboxylic acids is 1. The summed E-state index contributed by atoms with van der Waals surface area (Å²) in [7, 11) is 0. The molecule has 2 rings (SSSR count). The first-order valence-electron chi connectivity index (χ1n) is 5.62. The summed E-state index contributed by atoms with van der Waals surface area (Å²) in [4.78, 5) is 14.2. The number of pyridine rings is 1. The third-order valence-electron chi connectivity index (χ3n) is 2.12. The van der Waals surface area contributed by atoms with Gasteiger partial charge in [0.1, 0.15) is 17.4 Å². The van der Waals surface area contributed by atoms with E-state index in [1.807, 2.05) is 18.2 Å². The lowest BCUT2D eigenvalue weighted by Gasteiger charge is -1.94. The molecule has 1 aromatic heterocycles. The molecule has 0 aliphatic carbocycles. The van der Waals surface area contributed by atoms with E-state index in [2.05, 4.69) is 4.98 Å². The lowest BCUT2D eigenvalue weighted by atomic mass is 10.1. The highest BCUT2D eigenvalue weighted by Crippen LogP contribution is 2.12. The van der Waals surface area contributed by atoms with Gasteiger partial charge in [0.2, 0.25) is 0 Å². The van der Waals surface area contributed by atoms with Crippen molar-refractivity contribution in [3.8, 4) is 11.8 Å². The Morgan fingerprint density at radius 2 is 1.75 bits per heavy atom. The molecule has 100 valence electrons. The number of rotatable bonds is 2. The molecule has 2 aromatic rings. The maximum Gasteiger partial charge on any atom is 0.346 e. The number of nitrogens with zero attached hydrogens (tertiary/aromatic N) is 2. The fourth-order valence-corrected chi connectivity index (χ4v) is 1.19. The highest BCUT2D eigenvalue weighted by molar-refractivity contribution is 5.96. The molecule has 0 fully saturated rings. The van der Waals surface area contributed by atoms with Crippen LogP contribution in [0, 0.1) is 11.3 Å². The molecule has 20 heavy (non-hydrogen) atoms. The number of benzene rings is 1. The predicted molar refractivity (Wildman–Crippen MR) is 73.6 cm³/mol. The zero-order chi connectivity index (χ0) is 14.8. The van der Waals surface area contributed by atoms with Crippen LogP contribution in [0.5, 0.6) is 5.75 Å². The van der Waals surface area contributed by atoms with Gasteiger partial charge in [-0.25, -0.2) is 4.79 Å². The maximum absolute atomic E-state index is 10.5. The van der Waals surface area contributed by atoms with Gasteiger partial charge in [-0.1, -0.05) is 18.2 Å². The molecule has 0 spiro atoms. The molecule has 1 aromatic carbocycles. The standard InChI is InChI=1S/C10H7NO3.C5H5N/c11-6-8(10(13)14)5-7-1-3-9(12)4-2-7;1-2-4-6-5-3-1/h1-5,12H,(H,13,14);1-5H/b8-5+;. The van der Waals surface area contributed by atoms with E-state index in [1.54, 1.807) is 18.5 Å². The first-order valence-corrected chi connectivity index (χ1v) is 5.62. The lowest BCUT2D eigenvalue weighted by molar-refractivity contribution is -0.132. The van der Waals surface area contributed by atoms with Crippen LogP contribution in [0.4, 0.5) is 0 Å². The van der Waals surface area contributed by atoms with E-state index in [9.17, 15) is 4.79 Å². The Morgan fingerprint density at radius 3 is 2.10 bits per heavy atom. The number of carbonyl (C=O) groups is 1. The highest BCUT2D eigenvalue weighted by Gasteiger charge is 2.04. The Bertz CT molecular complexity index is 587. The fourth-order valence-electron chi connectivity index (χ4n) is 1.19. The van der Waals surface area contributed by atoms with Crippen molar-refractivity contribution >= 4 is 12.0 Å². The van der Waals surface area contributed by atoms with Gasteiger partial charge in [0.25, 0.3) is 0 Å². The third-order valence-corrected chi connectivity index (χ3v) is 2.12. The Balaban J connectivity index is 0.000000276. The van der Waals surface area contributed by atoms with Crippen molar-refractivity contribution in [2.24, 2.45) is 0 Å². The second-order valence-corrected chi connectivity index (χ2v) is 3.59. The van der Waals surface area contributed by atoms with Gasteiger partial charge < -0.3 is 10.2 Å². The van der Waals surface area contributed by atoms with Crippen LogP contribution < -0.4 is 0 Å². The van der Waals surface area contributed by atoms with E-state index >= 15 is 0 Å². The van der Waals surface area contributed by atoms with E-state index in [1.165, 1.54) is 30.3 Å². The Kier molecular flexibility index (Phi) is 6.01. The van der Waals surface area contributed by atoms with Crippen LogP contribution in [-0.4, -0.2) is 21.2 Å². The number of nitriles is 1. The van der Waals surface area contributed by atoms with Crippen molar-refractivity contribution in [2.45, 2.75) is 0 Å². The summed E-state index contributed by atoms with van der Waals surface area (Å²) in [5, 5.41) is 26.0. The van der Waals surface area contributed by atoms with Crippen molar-refractivity contribution in [2.75, 3.05) is 0 Å². The Morgan fingerprint density at radius 1 is 1.15 bits per heavy atom. The quantitative estimate of drug-likeness (QED) is 0.644. The first kappa shape index (κ1) is 14.9.